The molecular weight excluding hydrogens is 186 g/mol. The molecule has 0 aliphatic heterocycles. The van der Waals surface area contributed by atoms with Crippen molar-refractivity contribution in [3.05, 3.63) is 0 Å². The van der Waals surface area contributed by atoms with E-state index in [4.69, 9.17) is 9.47 Å². The molecule has 5 heteroatoms. The van der Waals surface area contributed by atoms with E-state index in [9.17, 15) is 9.59 Å². The normalized spacial score (nSPS) is 14.3. The van der Waals surface area contributed by atoms with Crippen LogP contribution in [0.1, 0.15) is 20.8 Å². The van der Waals surface area contributed by atoms with Gasteiger partial charge in [-0.05, 0) is 6.92 Å². The minimum absolute atomic E-state index is 0.175. The highest BCUT2D eigenvalue weighted by molar-refractivity contribution is 5.73. The van der Waals surface area contributed by atoms with Gasteiger partial charge in [-0.25, -0.2) is 0 Å². The van der Waals surface area contributed by atoms with Gasteiger partial charge in [0.1, 0.15) is 6.10 Å². The summed E-state index contributed by atoms with van der Waals surface area (Å²) in [5.74, 6) is -0.546. The van der Waals surface area contributed by atoms with Crippen LogP contribution in [-0.2, 0) is 19.1 Å². The minimum Gasteiger partial charge on any atom is -0.461 e. The van der Waals surface area contributed by atoms with E-state index in [2.05, 4.69) is 5.32 Å². The van der Waals surface area contributed by atoms with Gasteiger partial charge in [-0.1, -0.05) is 0 Å². The van der Waals surface area contributed by atoms with Crippen LogP contribution in [0.5, 0.6) is 0 Å². The standard InChI is InChI=1S/C9H17NO4/c1-6(14-8(3)12)9(5-13-4)10-7(2)11/h6,9H,5H2,1-4H3,(H,10,11)/t6-,9-/m1/s1. The molecule has 0 unspecified atom stereocenters. The molecule has 0 radical (unpaired) electrons. The molecule has 0 aromatic rings. The maximum atomic E-state index is 10.8. The van der Waals surface area contributed by atoms with Crippen LogP contribution in [0.15, 0.2) is 0 Å². The van der Waals surface area contributed by atoms with E-state index in [0.29, 0.717) is 6.61 Å². The zero-order valence-electron chi connectivity index (χ0n) is 8.99. The number of methoxy groups -OCH3 is 1. The van der Waals surface area contributed by atoms with Gasteiger partial charge in [0, 0.05) is 21.0 Å². The van der Waals surface area contributed by atoms with Crippen molar-refractivity contribution in [2.24, 2.45) is 0 Å². The van der Waals surface area contributed by atoms with Gasteiger partial charge in [0.05, 0.1) is 12.6 Å². The zero-order chi connectivity index (χ0) is 11.1. The van der Waals surface area contributed by atoms with E-state index in [1.54, 1.807) is 6.92 Å². The van der Waals surface area contributed by atoms with E-state index in [1.165, 1.54) is 21.0 Å². The number of rotatable bonds is 5. The lowest BCUT2D eigenvalue weighted by Gasteiger charge is -2.23. The Morgan fingerprint density at radius 2 is 1.93 bits per heavy atom. The second-order valence-corrected chi connectivity index (χ2v) is 3.08. The summed E-state index contributed by atoms with van der Waals surface area (Å²) in [6.45, 7) is 4.76. The molecule has 5 nitrogen and oxygen atoms in total. The van der Waals surface area contributed by atoms with Crippen LogP contribution >= 0.6 is 0 Å². The fraction of sp³-hybridized carbons (Fsp3) is 0.778. The number of hydrogen-bond acceptors (Lipinski definition) is 4. The summed E-state index contributed by atoms with van der Waals surface area (Å²) < 4.78 is 9.83. The van der Waals surface area contributed by atoms with E-state index in [0.717, 1.165) is 0 Å². The van der Waals surface area contributed by atoms with Gasteiger partial charge in [-0.3, -0.25) is 9.59 Å². The fourth-order valence-electron chi connectivity index (χ4n) is 1.08. The lowest BCUT2D eigenvalue weighted by molar-refractivity contribution is -0.148. The number of carbonyl (C=O) groups is 2. The van der Waals surface area contributed by atoms with Gasteiger partial charge < -0.3 is 14.8 Å². The molecule has 0 spiro atoms. The third-order valence-corrected chi connectivity index (χ3v) is 1.65. The Morgan fingerprint density at radius 1 is 1.36 bits per heavy atom. The highest BCUT2D eigenvalue weighted by Crippen LogP contribution is 2.00. The molecule has 0 saturated carbocycles. The summed E-state index contributed by atoms with van der Waals surface area (Å²) in [7, 11) is 1.52. The lowest BCUT2D eigenvalue weighted by atomic mass is 10.2. The highest BCUT2D eigenvalue weighted by atomic mass is 16.5. The molecule has 2 atom stereocenters. The molecule has 0 aliphatic rings. The lowest BCUT2D eigenvalue weighted by Crippen LogP contribution is -2.45. The van der Waals surface area contributed by atoms with Crippen LogP contribution in [0, 0.1) is 0 Å². The molecule has 0 fully saturated rings. The van der Waals surface area contributed by atoms with Gasteiger partial charge in [0.25, 0.3) is 0 Å². The Balaban J connectivity index is 4.16. The molecule has 0 saturated heterocycles. The molecule has 0 aliphatic carbocycles. The largest absolute Gasteiger partial charge is 0.461 e. The molecule has 82 valence electrons. The van der Waals surface area contributed by atoms with Crippen molar-refractivity contribution in [1.29, 1.82) is 0 Å². The Bertz CT molecular complexity index is 205. The third kappa shape index (κ3) is 5.53. The van der Waals surface area contributed by atoms with Crippen LogP contribution in [-0.4, -0.2) is 37.7 Å². The van der Waals surface area contributed by atoms with Crippen LogP contribution in [0.2, 0.25) is 0 Å². The molecule has 0 aromatic heterocycles. The summed E-state index contributed by atoms with van der Waals surface area (Å²) in [5.41, 5.74) is 0. The number of nitrogens with one attached hydrogen (secondary N) is 1. The minimum atomic E-state index is -0.392. The van der Waals surface area contributed by atoms with E-state index in [-0.39, 0.29) is 17.9 Å². The van der Waals surface area contributed by atoms with Crippen molar-refractivity contribution in [3.63, 3.8) is 0 Å². The fourth-order valence-corrected chi connectivity index (χ4v) is 1.08. The van der Waals surface area contributed by atoms with Crippen LogP contribution < -0.4 is 5.32 Å². The van der Waals surface area contributed by atoms with Crippen LogP contribution in [0.4, 0.5) is 0 Å². The maximum Gasteiger partial charge on any atom is 0.302 e. The summed E-state index contributed by atoms with van der Waals surface area (Å²) in [6.07, 6.45) is -0.392. The predicted molar refractivity (Wildman–Crippen MR) is 50.7 cm³/mol. The van der Waals surface area contributed by atoms with E-state index >= 15 is 0 Å². The Hall–Kier alpha value is -1.10. The first-order valence-corrected chi connectivity index (χ1v) is 4.40. The summed E-state index contributed by atoms with van der Waals surface area (Å²) in [6, 6.07) is -0.304. The van der Waals surface area contributed by atoms with E-state index < -0.39 is 6.10 Å². The van der Waals surface area contributed by atoms with Crippen LogP contribution in [0.25, 0.3) is 0 Å². The van der Waals surface area contributed by atoms with E-state index in [1.807, 2.05) is 0 Å². The smallest absolute Gasteiger partial charge is 0.302 e. The zero-order valence-corrected chi connectivity index (χ0v) is 8.99. The first-order chi connectivity index (χ1) is 6.47. The first-order valence-electron chi connectivity index (χ1n) is 4.40. The molecule has 1 N–H and O–H groups in total. The molecule has 14 heavy (non-hydrogen) atoms. The topological polar surface area (TPSA) is 64.6 Å². The Kier molecular flexibility index (Phi) is 5.87. The second kappa shape index (κ2) is 6.37. The van der Waals surface area contributed by atoms with Gasteiger partial charge in [-0.15, -0.1) is 0 Å². The third-order valence-electron chi connectivity index (χ3n) is 1.65. The SMILES string of the molecule is COC[C@@H](NC(C)=O)[C@@H](C)OC(C)=O. The average Bonchev–Trinajstić information content (AvgIpc) is 2.01. The summed E-state index contributed by atoms with van der Waals surface area (Å²) in [5, 5.41) is 2.64. The highest BCUT2D eigenvalue weighted by Gasteiger charge is 2.20. The molecule has 0 rings (SSSR count). The summed E-state index contributed by atoms with van der Waals surface area (Å²) in [4.78, 5) is 21.5. The maximum absolute atomic E-state index is 10.8. The quantitative estimate of drug-likeness (QED) is 0.643. The van der Waals surface area contributed by atoms with Crippen molar-refractivity contribution in [3.8, 4) is 0 Å². The molecule has 1 amide bonds. The number of carbonyl (C=O) groups excluding carboxylic acids is 2. The number of esters is 1. The number of amides is 1. The van der Waals surface area contributed by atoms with Crippen molar-refractivity contribution in [2.45, 2.75) is 32.9 Å². The molecule has 0 bridgehead atoms. The summed E-state index contributed by atoms with van der Waals surface area (Å²) >= 11 is 0. The van der Waals surface area contributed by atoms with Gasteiger partial charge >= 0.3 is 5.97 Å². The Labute approximate surface area is 83.8 Å². The Morgan fingerprint density at radius 3 is 2.29 bits per heavy atom. The van der Waals surface area contributed by atoms with Crippen molar-refractivity contribution >= 4 is 11.9 Å². The van der Waals surface area contributed by atoms with Crippen molar-refractivity contribution in [1.82, 2.24) is 5.32 Å². The molecule has 0 aromatic carbocycles. The predicted octanol–water partition coefficient (Wildman–Crippen LogP) is 0.0891. The van der Waals surface area contributed by atoms with Gasteiger partial charge in [0.15, 0.2) is 0 Å². The van der Waals surface area contributed by atoms with Gasteiger partial charge in [-0.2, -0.15) is 0 Å². The van der Waals surface area contributed by atoms with Crippen LogP contribution in [0.3, 0.4) is 0 Å². The number of hydrogen-bond donors (Lipinski definition) is 1. The monoisotopic (exact) mass is 203 g/mol. The average molecular weight is 203 g/mol. The van der Waals surface area contributed by atoms with Crippen molar-refractivity contribution < 1.29 is 19.1 Å². The second-order valence-electron chi connectivity index (χ2n) is 3.08. The van der Waals surface area contributed by atoms with Crippen molar-refractivity contribution in [2.75, 3.05) is 13.7 Å². The first kappa shape index (κ1) is 12.9. The molecule has 0 heterocycles. The van der Waals surface area contributed by atoms with Gasteiger partial charge in [0.2, 0.25) is 5.91 Å². The number of ether oxygens (including phenoxy) is 2. The molecular formula is C9H17NO4.